The van der Waals surface area contributed by atoms with Crippen LogP contribution in [0.5, 0.6) is 0 Å². The van der Waals surface area contributed by atoms with Gasteiger partial charge in [0.1, 0.15) is 5.60 Å². The highest BCUT2D eigenvalue weighted by Gasteiger charge is 2.45. The number of ether oxygens (including phenoxy) is 1. The smallest absolute Gasteiger partial charge is 0.408 e. The lowest BCUT2D eigenvalue weighted by molar-refractivity contribution is -0.0492. The van der Waals surface area contributed by atoms with Gasteiger partial charge in [0.2, 0.25) is 0 Å². The van der Waals surface area contributed by atoms with Crippen molar-refractivity contribution in [2.75, 3.05) is 13.1 Å². The summed E-state index contributed by atoms with van der Waals surface area (Å²) in [4.78, 5) is 44.2. The molecule has 1 aromatic heterocycles. The summed E-state index contributed by atoms with van der Waals surface area (Å²) in [6, 6.07) is 38.2. The Morgan fingerprint density at radius 3 is 1.92 bits per heavy atom. The van der Waals surface area contributed by atoms with Gasteiger partial charge in [0.25, 0.3) is 0 Å². The van der Waals surface area contributed by atoms with Crippen molar-refractivity contribution in [2.45, 2.75) is 83.9 Å². The van der Waals surface area contributed by atoms with E-state index in [0.29, 0.717) is 25.9 Å². The maximum absolute atomic E-state index is 14.6. The molecule has 53 heavy (non-hydrogen) atoms. The van der Waals surface area contributed by atoms with E-state index in [-0.39, 0.29) is 37.3 Å². The Morgan fingerprint density at radius 2 is 1.36 bits per heavy atom. The van der Waals surface area contributed by atoms with Gasteiger partial charge in [0, 0.05) is 44.7 Å². The number of carbonyl (C=O) groups is 2. The number of nitrogens with zero attached hydrogens (tertiary/aromatic N) is 4. The molecule has 1 aliphatic rings. The number of carboxylic acid groups (broad SMARTS) is 1. The van der Waals surface area contributed by atoms with E-state index < -0.39 is 24.0 Å². The number of amides is 2. The molecule has 0 spiro atoms. The van der Waals surface area contributed by atoms with Crippen LogP contribution in [0.4, 0.5) is 9.59 Å². The number of hydrogen-bond donors (Lipinski definition) is 2. The molecule has 1 aliphatic heterocycles. The zero-order valence-corrected chi connectivity index (χ0v) is 30.9. The first-order chi connectivity index (χ1) is 25.6. The summed E-state index contributed by atoms with van der Waals surface area (Å²) < 4.78 is 9.05. The summed E-state index contributed by atoms with van der Waals surface area (Å²) in [5, 5.41) is 13.6. The van der Waals surface area contributed by atoms with Crippen LogP contribution in [0.1, 0.15) is 62.8 Å². The summed E-state index contributed by atoms with van der Waals surface area (Å²) in [5.41, 5.74) is 4.17. The minimum absolute atomic E-state index is 0.171. The van der Waals surface area contributed by atoms with E-state index in [1.165, 1.54) is 5.56 Å². The molecule has 10 nitrogen and oxygen atoms in total. The van der Waals surface area contributed by atoms with Gasteiger partial charge in [-0.3, -0.25) is 18.9 Å². The predicted molar refractivity (Wildman–Crippen MR) is 208 cm³/mol. The van der Waals surface area contributed by atoms with Gasteiger partial charge in [-0.1, -0.05) is 103 Å². The topological polar surface area (TPSA) is 109 Å². The number of aryl methyl sites for hydroxylation is 1. The van der Waals surface area contributed by atoms with Gasteiger partial charge in [-0.05, 0) is 75.3 Å². The Bertz CT molecular complexity index is 1960. The fraction of sp³-hybridized carbons (Fsp3) is 0.372. The molecule has 1 saturated heterocycles. The van der Waals surface area contributed by atoms with Crippen LogP contribution in [0.15, 0.2) is 120 Å². The van der Waals surface area contributed by atoms with Crippen LogP contribution in [0.25, 0.3) is 11.0 Å². The van der Waals surface area contributed by atoms with Gasteiger partial charge >= 0.3 is 17.9 Å². The molecule has 278 valence electrons. The molecule has 1 fully saturated rings. The maximum Gasteiger partial charge on any atom is 0.408 e. The molecular weight excluding hydrogens is 667 g/mol. The molecule has 6 rings (SSSR count). The van der Waals surface area contributed by atoms with Gasteiger partial charge in [-0.25, -0.2) is 14.4 Å². The largest absolute Gasteiger partial charge is 0.465 e. The number of aromatic nitrogens is 2. The van der Waals surface area contributed by atoms with Gasteiger partial charge in [0.15, 0.2) is 0 Å². The average molecular weight is 718 g/mol. The zero-order chi connectivity index (χ0) is 37.4. The normalized spacial score (nSPS) is 17.6. The first-order valence-corrected chi connectivity index (χ1v) is 18.6. The van der Waals surface area contributed by atoms with E-state index in [2.05, 4.69) is 46.6 Å². The first-order valence-electron chi connectivity index (χ1n) is 18.6. The van der Waals surface area contributed by atoms with E-state index in [1.54, 1.807) is 9.47 Å². The zero-order valence-electron chi connectivity index (χ0n) is 30.9. The van der Waals surface area contributed by atoms with Crippen molar-refractivity contribution in [1.29, 1.82) is 0 Å². The molecule has 4 aromatic carbocycles. The van der Waals surface area contributed by atoms with Crippen LogP contribution < -0.4 is 11.0 Å². The number of benzene rings is 4. The Kier molecular flexibility index (Phi) is 12.0. The number of fused-ring (bicyclic) bond motifs is 1. The van der Waals surface area contributed by atoms with Crippen molar-refractivity contribution in [1.82, 2.24) is 24.3 Å². The number of rotatable bonds is 13. The summed E-state index contributed by atoms with van der Waals surface area (Å²) >= 11 is 0. The Balaban J connectivity index is 1.41. The van der Waals surface area contributed by atoms with E-state index in [9.17, 15) is 19.5 Å². The Labute approximate surface area is 311 Å². The lowest BCUT2D eigenvalue weighted by Gasteiger charge is -2.49. The third-order valence-corrected chi connectivity index (χ3v) is 9.99. The summed E-state index contributed by atoms with van der Waals surface area (Å²) in [5.74, 6) is -0.215. The average Bonchev–Trinajstić information content (AvgIpc) is 3.42. The molecule has 5 aromatic rings. The number of alkyl carbamates (subject to hydrolysis) is 1. The second-order valence-corrected chi connectivity index (χ2v) is 14.9. The molecular formula is C43H51N5O5. The van der Waals surface area contributed by atoms with Crippen LogP contribution in [-0.2, 0) is 30.8 Å². The number of para-hydroxylation sites is 2. The fourth-order valence-corrected chi connectivity index (χ4v) is 7.80. The SMILES string of the molecule is CC(C)(C)OC(=O)NCCn1c(=O)n(C2CCN(C(=O)O)[C@H](N(Cc3ccccc3)Cc3ccccc3)C2CCCc2ccccc2)c2ccccc21. The van der Waals surface area contributed by atoms with E-state index in [0.717, 1.165) is 35.0 Å². The molecule has 0 saturated carbocycles. The van der Waals surface area contributed by atoms with Crippen molar-refractivity contribution in [2.24, 2.45) is 5.92 Å². The van der Waals surface area contributed by atoms with Crippen molar-refractivity contribution >= 4 is 23.2 Å². The van der Waals surface area contributed by atoms with Crippen molar-refractivity contribution in [3.05, 3.63) is 142 Å². The van der Waals surface area contributed by atoms with Crippen LogP contribution in [0, 0.1) is 5.92 Å². The quantitative estimate of drug-likeness (QED) is 0.128. The summed E-state index contributed by atoms with van der Waals surface area (Å²) in [6.45, 7) is 7.27. The van der Waals surface area contributed by atoms with Gasteiger partial charge < -0.3 is 15.2 Å². The van der Waals surface area contributed by atoms with E-state index in [4.69, 9.17) is 4.74 Å². The van der Waals surface area contributed by atoms with Crippen LogP contribution in [-0.4, -0.2) is 61.1 Å². The molecule has 2 amide bonds. The highest BCUT2D eigenvalue weighted by atomic mass is 16.6. The van der Waals surface area contributed by atoms with Gasteiger partial charge in [0.05, 0.1) is 17.2 Å². The van der Waals surface area contributed by atoms with Gasteiger partial charge in [-0.2, -0.15) is 0 Å². The Morgan fingerprint density at radius 1 is 0.811 bits per heavy atom. The Hall–Kier alpha value is -5.35. The number of carbonyl (C=O) groups excluding carboxylic acids is 1. The minimum Gasteiger partial charge on any atom is -0.465 e. The third-order valence-electron chi connectivity index (χ3n) is 9.99. The number of hydrogen-bond acceptors (Lipinski definition) is 5. The van der Waals surface area contributed by atoms with Crippen molar-refractivity contribution in [3.63, 3.8) is 0 Å². The molecule has 2 N–H and O–H groups in total. The summed E-state index contributed by atoms with van der Waals surface area (Å²) in [7, 11) is 0. The highest BCUT2D eigenvalue weighted by Crippen LogP contribution is 2.40. The monoisotopic (exact) mass is 717 g/mol. The predicted octanol–water partition coefficient (Wildman–Crippen LogP) is 7.92. The van der Waals surface area contributed by atoms with Crippen LogP contribution in [0.3, 0.4) is 0 Å². The molecule has 0 bridgehead atoms. The number of likely N-dealkylation sites (tertiary alicyclic amines) is 1. The van der Waals surface area contributed by atoms with E-state index in [1.807, 2.05) is 104 Å². The van der Waals surface area contributed by atoms with Crippen LogP contribution in [0.2, 0.25) is 0 Å². The molecule has 0 aliphatic carbocycles. The lowest BCUT2D eigenvalue weighted by atomic mass is 9.83. The minimum atomic E-state index is -0.962. The lowest BCUT2D eigenvalue weighted by Crippen LogP contribution is -2.59. The summed E-state index contributed by atoms with van der Waals surface area (Å²) in [6.07, 6.45) is 0.865. The van der Waals surface area contributed by atoms with Crippen LogP contribution >= 0.6 is 0 Å². The molecule has 0 radical (unpaired) electrons. The second kappa shape index (κ2) is 17.0. The second-order valence-electron chi connectivity index (χ2n) is 14.9. The van der Waals surface area contributed by atoms with Gasteiger partial charge in [-0.15, -0.1) is 0 Å². The third kappa shape index (κ3) is 9.37. The molecule has 2 unspecified atom stereocenters. The molecule has 3 atom stereocenters. The number of piperidine rings is 1. The highest BCUT2D eigenvalue weighted by molar-refractivity contribution is 5.76. The fourth-order valence-electron chi connectivity index (χ4n) is 7.80. The molecule has 10 heteroatoms. The molecule has 2 heterocycles. The van der Waals surface area contributed by atoms with Crippen molar-refractivity contribution < 1.29 is 19.4 Å². The number of imidazole rings is 1. The first kappa shape index (κ1) is 37.4. The number of nitrogens with one attached hydrogen (secondary N) is 1. The van der Waals surface area contributed by atoms with Crippen molar-refractivity contribution in [3.8, 4) is 0 Å². The standard InChI is InChI=1S/C43H51N5O5/c1-43(2,3)53-40(49)44-27-29-46-37-24-13-14-25-38(37)48(41(46)50)36-26-28-47(42(51)52)39(35(36)23-15-22-32-16-7-4-8-17-32)45(30-33-18-9-5-10-19-33)31-34-20-11-6-12-21-34/h4-14,16-21,24-25,35-36,39H,15,22-23,26-31H2,1-3H3,(H,44,49)(H,51,52)/t35?,36?,39-/m0/s1. The van der Waals surface area contributed by atoms with E-state index >= 15 is 0 Å². The maximum atomic E-state index is 14.6.